The first-order valence-corrected chi connectivity index (χ1v) is 6.65. The summed E-state index contributed by atoms with van der Waals surface area (Å²) in [6.45, 7) is 9.13. The summed E-state index contributed by atoms with van der Waals surface area (Å²) in [4.78, 5) is 0. The van der Waals surface area contributed by atoms with E-state index in [0.29, 0.717) is 10.8 Å². The summed E-state index contributed by atoms with van der Waals surface area (Å²) >= 11 is 0. The molecule has 0 aromatic rings. The Morgan fingerprint density at radius 3 is 2.44 bits per heavy atom. The minimum absolute atomic E-state index is 0.299. The van der Waals surface area contributed by atoms with E-state index in [2.05, 4.69) is 32.9 Å². The Balaban J connectivity index is 2.29. The number of allylic oxidation sites excluding steroid dienone is 2. The fourth-order valence-corrected chi connectivity index (χ4v) is 3.92. The van der Waals surface area contributed by atoms with Gasteiger partial charge in [0, 0.05) is 0 Å². The second kappa shape index (κ2) is 3.60. The third-order valence-electron chi connectivity index (χ3n) is 5.08. The van der Waals surface area contributed by atoms with Gasteiger partial charge in [-0.25, -0.2) is 0 Å². The summed E-state index contributed by atoms with van der Waals surface area (Å²) in [6, 6.07) is 0. The zero-order chi connectivity index (χ0) is 12.0. The molecule has 1 saturated carbocycles. The highest BCUT2D eigenvalue weighted by Gasteiger charge is 2.46. The van der Waals surface area contributed by atoms with Gasteiger partial charge in [0.25, 0.3) is 0 Å². The van der Waals surface area contributed by atoms with Crippen LogP contribution in [0.25, 0.3) is 0 Å². The average molecular weight is 222 g/mol. The Kier molecular flexibility index (Phi) is 2.73. The topological polar surface area (TPSA) is 20.2 Å². The molecule has 3 unspecified atom stereocenters. The first-order chi connectivity index (χ1) is 7.25. The summed E-state index contributed by atoms with van der Waals surface area (Å²) in [5.41, 5.74) is 0.266. The standard InChI is InChI=1S/C15H26O/c1-13(2)7-5-8-14(3)10-11-15(4,16)9-6-12(13)14/h5,7,12,16H,6,8-11H2,1-4H3. The monoisotopic (exact) mass is 222 g/mol. The summed E-state index contributed by atoms with van der Waals surface area (Å²) in [5.74, 6) is 0.721. The van der Waals surface area contributed by atoms with Crippen molar-refractivity contribution in [2.24, 2.45) is 16.7 Å². The molecule has 0 radical (unpaired) electrons. The second-order valence-corrected chi connectivity index (χ2v) is 7.17. The van der Waals surface area contributed by atoms with Gasteiger partial charge in [0.05, 0.1) is 5.60 Å². The van der Waals surface area contributed by atoms with E-state index in [-0.39, 0.29) is 0 Å². The molecule has 0 aliphatic heterocycles. The van der Waals surface area contributed by atoms with Crippen LogP contribution in [0.2, 0.25) is 0 Å². The highest BCUT2D eigenvalue weighted by Crippen LogP contribution is 2.55. The van der Waals surface area contributed by atoms with E-state index in [1.807, 2.05) is 6.92 Å². The van der Waals surface area contributed by atoms with E-state index in [1.165, 1.54) is 19.3 Å². The van der Waals surface area contributed by atoms with Crippen LogP contribution < -0.4 is 0 Å². The molecule has 1 heteroatoms. The first kappa shape index (κ1) is 12.2. The van der Waals surface area contributed by atoms with Crippen molar-refractivity contribution in [3.63, 3.8) is 0 Å². The molecule has 0 aromatic carbocycles. The summed E-state index contributed by atoms with van der Waals surface area (Å²) in [6.07, 6.45) is 10.2. The van der Waals surface area contributed by atoms with Crippen LogP contribution in [0.4, 0.5) is 0 Å². The molecule has 2 rings (SSSR count). The van der Waals surface area contributed by atoms with Gasteiger partial charge in [0.1, 0.15) is 0 Å². The van der Waals surface area contributed by atoms with Gasteiger partial charge in [0.2, 0.25) is 0 Å². The molecule has 16 heavy (non-hydrogen) atoms. The van der Waals surface area contributed by atoms with Gasteiger partial charge in [-0.2, -0.15) is 0 Å². The Morgan fingerprint density at radius 2 is 1.75 bits per heavy atom. The molecule has 1 N–H and O–H groups in total. The van der Waals surface area contributed by atoms with E-state index in [4.69, 9.17) is 0 Å². The number of hydrogen-bond donors (Lipinski definition) is 1. The van der Waals surface area contributed by atoms with E-state index in [0.717, 1.165) is 18.8 Å². The van der Waals surface area contributed by atoms with Crippen LogP contribution in [0, 0.1) is 16.7 Å². The zero-order valence-corrected chi connectivity index (χ0v) is 11.2. The highest BCUT2D eigenvalue weighted by molar-refractivity contribution is 5.11. The van der Waals surface area contributed by atoms with Crippen molar-refractivity contribution < 1.29 is 5.11 Å². The molecular formula is C15H26O. The molecule has 3 atom stereocenters. The maximum atomic E-state index is 10.3. The lowest BCUT2D eigenvalue weighted by atomic mass is 9.57. The zero-order valence-electron chi connectivity index (χ0n) is 11.2. The third-order valence-corrected chi connectivity index (χ3v) is 5.08. The number of hydrogen-bond acceptors (Lipinski definition) is 1. The lowest BCUT2D eigenvalue weighted by Crippen LogP contribution is -2.38. The normalized spacial score (nSPS) is 47.2. The van der Waals surface area contributed by atoms with Crippen molar-refractivity contribution in [3.05, 3.63) is 12.2 Å². The van der Waals surface area contributed by atoms with Crippen LogP contribution in [-0.4, -0.2) is 10.7 Å². The Bertz CT molecular complexity index is 301. The molecule has 2 aliphatic rings. The van der Waals surface area contributed by atoms with Crippen LogP contribution in [0.5, 0.6) is 0 Å². The molecule has 0 saturated heterocycles. The third kappa shape index (κ3) is 2.07. The summed E-state index contributed by atoms with van der Waals surface area (Å²) in [5, 5.41) is 10.3. The predicted octanol–water partition coefficient (Wildman–Crippen LogP) is 3.92. The second-order valence-electron chi connectivity index (χ2n) is 7.17. The lowest BCUT2D eigenvalue weighted by Gasteiger charge is -2.47. The van der Waals surface area contributed by atoms with Crippen molar-refractivity contribution in [2.45, 2.75) is 65.4 Å². The molecule has 0 amide bonds. The fourth-order valence-electron chi connectivity index (χ4n) is 3.92. The maximum Gasteiger partial charge on any atom is 0.0620 e. The minimum atomic E-state index is -0.434. The molecule has 92 valence electrons. The van der Waals surface area contributed by atoms with Gasteiger partial charge in [-0.3, -0.25) is 0 Å². The van der Waals surface area contributed by atoms with Gasteiger partial charge in [0.15, 0.2) is 0 Å². The van der Waals surface area contributed by atoms with Crippen LogP contribution in [-0.2, 0) is 0 Å². The van der Waals surface area contributed by atoms with Crippen LogP contribution >= 0.6 is 0 Å². The first-order valence-electron chi connectivity index (χ1n) is 6.65. The van der Waals surface area contributed by atoms with Crippen molar-refractivity contribution in [2.75, 3.05) is 0 Å². The average Bonchev–Trinajstić information content (AvgIpc) is 2.24. The largest absolute Gasteiger partial charge is 0.390 e. The highest BCUT2D eigenvalue weighted by atomic mass is 16.3. The van der Waals surface area contributed by atoms with Gasteiger partial charge in [-0.1, -0.05) is 32.9 Å². The van der Waals surface area contributed by atoms with E-state index >= 15 is 0 Å². The number of fused-ring (bicyclic) bond motifs is 1. The van der Waals surface area contributed by atoms with E-state index in [9.17, 15) is 5.11 Å². The Morgan fingerprint density at radius 1 is 1.06 bits per heavy atom. The molecule has 1 nitrogen and oxygen atoms in total. The Hall–Kier alpha value is -0.300. The fraction of sp³-hybridized carbons (Fsp3) is 0.867. The van der Waals surface area contributed by atoms with Crippen molar-refractivity contribution in [1.29, 1.82) is 0 Å². The van der Waals surface area contributed by atoms with Crippen molar-refractivity contribution >= 4 is 0 Å². The molecule has 0 bridgehead atoms. The van der Waals surface area contributed by atoms with Gasteiger partial charge < -0.3 is 5.11 Å². The lowest BCUT2D eigenvalue weighted by molar-refractivity contribution is 0.0410. The molecule has 0 spiro atoms. The van der Waals surface area contributed by atoms with Gasteiger partial charge in [-0.15, -0.1) is 0 Å². The molecule has 2 aliphatic carbocycles. The number of aliphatic hydroxyl groups is 1. The molecule has 1 fully saturated rings. The van der Waals surface area contributed by atoms with Gasteiger partial charge >= 0.3 is 0 Å². The van der Waals surface area contributed by atoms with E-state index < -0.39 is 5.60 Å². The van der Waals surface area contributed by atoms with Crippen LogP contribution in [0.1, 0.15) is 59.8 Å². The van der Waals surface area contributed by atoms with Crippen molar-refractivity contribution in [3.8, 4) is 0 Å². The smallest absolute Gasteiger partial charge is 0.0620 e. The van der Waals surface area contributed by atoms with Gasteiger partial charge in [-0.05, 0) is 55.8 Å². The summed E-state index contributed by atoms with van der Waals surface area (Å²) in [7, 11) is 0. The van der Waals surface area contributed by atoms with E-state index in [1.54, 1.807) is 0 Å². The quantitative estimate of drug-likeness (QED) is 0.616. The maximum absolute atomic E-state index is 10.3. The van der Waals surface area contributed by atoms with Crippen molar-refractivity contribution in [1.82, 2.24) is 0 Å². The number of rotatable bonds is 0. The SMILES string of the molecule is CC1(O)CCC2C(C)(C)C=CCC2(C)CC1. The Labute approximate surface area is 99.9 Å². The predicted molar refractivity (Wildman–Crippen MR) is 68.2 cm³/mol. The van der Waals surface area contributed by atoms with Crippen LogP contribution in [0.3, 0.4) is 0 Å². The molecule has 0 aromatic heterocycles. The van der Waals surface area contributed by atoms with Crippen LogP contribution in [0.15, 0.2) is 12.2 Å². The molecular weight excluding hydrogens is 196 g/mol. The minimum Gasteiger partial charge on any atom is -0.390 e. The summed E-state index contributed by atoms with van der Waals surface area (Å²) < 4.78 is 0. The molecule has 0 heterocycles.